The highest BCUT2D eigenvalue weighted by atomic mass is 79.9. The van der Waals surface area contributed by atoms with Crippen molar-refractivity contribution in [1.82, 2.24) is 5.32 Å². The lowest BCUT2D eigenvalue weighted by Gasteiger charge is -2.27. The third kappa shape index (κ3) is 3.42. The molecule has 0 radical (unpaired) electrons. The van der Waals surface area contributed by atoms with Crippen LogP contribution in [0.1, 0.15) is 38.2 Å². The van der Waals surface area contributed by atoms with Crippen LogP contribution in [-0.4, -0.2) is 26.3 Å². The zero-order valence-electron chi connectivity index (χ0n) is 11.8. The molecule has 1 aromatic carbocycles. The average Bonchev–Trinajstić information content (AvgIpc) is 2.39. The van der Waals surface area contributed by atoms with Crippen LogP contribution < -0.4 is 14.8 Å². The van der Waals surface area contributed by atoms with Gasteiger partial charge in [-0.05, 0) is 57.8 Å². The van der Waals surface area contributed by atoms with E-state index in [1.165, 1.54) is 5.56 Å². The van der Waals surface area contributed by atoms with Gasteiger partial charge in [-0.3, -0.25) is 0 Å². The monoisotopic (exact) mass is 327 g/mol. The molecule has 0 atom stereocenters. The molecule has 0 aromatic heterocycles. The number of ether oxygens (including phenoxy) is 2. The highest BCUT2D eigenvalue weighted by Crippen LogP contribution is 2.43. The summed E-state index contributed by atoms with van der Waals surface area (Å²) in [6, 6.07) is 4.02. The smallest absolute Gasteiger partial charge is 0.166 e. The highest BCUT2D eigenvalue weighted by molar-refractivity contribution is 9.10. The molecule has 1 aliphatic rings. The first-order valence-electron chi connectivity index (χ1n) is 6.87. The summed E-state index contributed by atoms with van der Waals surface area (Å²) >= 11 is 3.68. The number of hydrogen-bond donors (Lipinski definition) is 1. The van der Waals surface area contributed by atoms with Gasteiger partial charge in [0.1, 0.15) is 0 Å². The van der Waals surface area contributed by atoms with Crippen molar-refractivity contribution in [3.8, 4) is 11.5 Å². The molecular weight excluding hydrogens is 306 g/mol. The molecule has 1 aromatic rings. The van der Waals surface area contributed by atoms with Crippen molar-refractivity contribution < 1.29 is 9.47 Å². The molecule has 1 heterocycles. The van der Waals surface area contributed by atoms with E-state index in [0.717, 1.165) is 41.9 Å². The second-order valence-electron chi connectivity index (χ2n) is 5.18. The van der Waals surface area contributed by atoms with E-state index < -0.39 is 0 Å². The zero-order valence-corrected chi connectivity index (χ0v) is 13.4. The molecule has 0 unspecified atom stereocenters. The summed E-state index contributed by atoms with van der Waals surface area (Å²) in [4.78, 5) is 0. The minimum Gasteiger partial charge on any atom is -0.493 e. The van der Waals surface area contributed by atoms with Crippen LogP contribution in [0, 0.1) is 0 Å². The largest absolute Gasteiger partial charge is 0.493 e. The van der Waals surface area contributed by atoms with Gasteiger partial charge < -0.3 is 14.8 Å². The lowest BCUT2D eigenvalue weighted by molar-refractivity contribution is 0.224. The third-order valence-electron chi connectivity index (χ3n) is 3.43. The third-order valence-corrected chi connectivity index (χ3v) is 4.12. The predicted octanol–water partition coefficient (Wildman–Crippen LogP) is 3.71. The van der Waals surface area contributed by atoms with E-state index in [2.05, 4.69) is 27.3 Å². The Morgan fingerprint density at radius 3 is 2.53 bits per heavy atom. The van der Waals surface area contributed by atoms with Gasteiger partial charge >= 0.3 is 0 Å². The maximum Gasteiger partial charge on any atom is 0.166 e. The molecule has 1 aliphatic heterocycles. The van der Waals surface area contributed by atoms with Crippen molar-refractivity contribution >= 4 is 15.9 Å². The van der Waals surface area contributed by atoms with Crippen LogP contribution in [-0.2, 0) is 0 Å². The maximum atomic E-state index is 6.03. The van der Waals surface area contributed by atoms with Crippen molar-refractivity contribution in [2.24, 2.45) is 0 Å². The molecule has 2 rings (SSSR count). The van der Waals surface area contributed by atoms with Crippen LogP contribution in [0.5, 0.6) is 11.5 Å². The Labute approximate surface area is 123 Å². The van der Waals surface area contributed by atoms with Gasteiger partial charge in [0, 0.05) is 10.0 Å². The molecule has 4 heteroatoms. The number of benzene rings is 1. The van der Waals surface area contributed by atoms with Crippen molar-refractivity contribution in [3.63, 3.8) is 0 Å². The fourth-order valence-electron chi connectivity index (χ4n) is 2.56. The highest BCUT2D eigenvalue weighted by Gasteiger charge is 2.24. The molecule has 0 aliphatic carbocycles. The number of methoxy groups -OCH3 is 1. The van der Waals surface area contributed by atoms with Crippen molar-refractivity contribution in [2.75, 3.05) is 20.2 Å². The Kier molecular flexibility index (Phi) is 5.11. The second-order valence-corrected chi connectivity index (χ2v) is 6.04. The summed E-state index contributed by atoms with van der Waals surface area (Å²) in [5, 5.41) is 3.41. The standard InChI is InChI=1S/C15H22BrNO2/c1-10(2)19-15-13(18-3)5-4-12(16)14(15)11-6-8-17-9-7-11/h4-5,10-11,17H,6-9H2,1-3H3. The minimum atomic E-state index is 0.142. The van der Waals surface area contributed by atoms with Gasteiger partial charge in [0.05, 0.1) is 13.2 Å². The summed E-state index contributed by atoms with van der Waals surface area (Å²) in [5.41, 5.74) is 1.26. The topological polar surface area (TPSA) is 30.5 Å². The molecule has 3 nitrogen and oxygen atoms in total. The maximum absolute atomic E-state index is 6.03. The lowest BCUT2D eigenvalue weighted by atomic mass is 9.89. The summed E-state index contributed by atoms with van der Waals surface area (Å²) in [6.07, 6.45) is 2.42. The van der Waals surface area contributed by atoms with Crippen LogP contribution in [0.25, 0.3) is 0 Å². The number of halogens is 1. The average molecular weight is 328 g/mol. The normalized spacial score (nSPS) is 16.7. The van der Waals surface area contributed by atoms with Gasteiger partial charge in [-0.15, -0.1) is 0 Å². The molecule has 1 fully saturated rings. The molecule has 1 N–H and O–H groups in total. The van der Waals surface area contributed by atoms with E-state index in [1.54, 1.807) is 7.11 Å². The van der Waals surface area contributed by atoms with E-state index >= 15 is 0 Å². The van der Waals surface area contributed by atoms with Crippen molar-refractivity contribution in [1.29, 1.82) is 0 Å². The Morgan fingerprint density at radius 2 is 1.95 bits per heavy atom. The van der Waals surface area contributed by atoms with E-state index in [4.69, 9.17) is 9.47 Å². The Morgan fingerprint density at radius 1 is 1.26 bits per heavy atom. The Bertz CT molecular complexity index is 428. The minimum absolute atomic E-state index is 0.142. The molecule has 0 saturated carbocycles. The van der Waals surface area contributed by atoms with Gasteiger partial charge in [-0.2, -0.15) is 0 Å². The molecule has 0 bridgehead atoms. The summed E-state index contributed by atoms with van der Waals surface area (Å²) in [5.74, 6) is 2.25. The Hall–Kier alpha value is -0.740. The first kappa shape index (κ1) is 14.7. The molecule has 0 spiro atoms. The van der Waals surface area contributed by atoms with Crippen molar-refractivity contribution in [3.05, 3.63) is 22.2 Å². The van der Waals surface area contributed by atoms with Crippen molar-refractivity contribution in [2.45, 2.75) is 38.7 Å². The number of piperidine rings is 1. The lowest BCUT2D eigenvalue weighted by Crippen LogP contribution is -2.27. The summed E-state index contributed by atoms with van der Waals surface area (Å²) in [7, 11) is 1.70. The molecule has 19 heavy (non-hydrogen) atoms. The molecular formula is C15H22BrNO2. The summed E-state index contributed by atoms with van der Waals surface area (Å²) in [6.45, 7) is 6.23. The number of hydrogen-bond acceptors (Lipinski definition) is 3. The van der Waals surface area contributed by atoms with E-state index in [1.807, 2.05) is 19.9 Å². The van der Waals surface area contributed by atoms with Crippen LogP contribution >= 0.6 is 15.9 Å². The van der Waals surface area contributed by atoms with Gasteiger partial charge in [0.15, 0.2) is 11.5 Å². The first-order chi connectivity index (χ1) is 9.13. The predicted molar refractivity (Wildman–Crippen MR) is 81.3 cm³/mol. The zero-order chi connectivity index (χ0) is 13.8. The van der Waals surface area contributed by atoms with Crippen LogP contribution in [0.15, 0.2) is 16.6 Å². The first-order valence-corrected chi connectivity index (χ1v) is 7.66. The SMILES string of the molecule is COc1ccc(Br)c(C2CCNCC2)c1OC(C)C. The van der Waals surface area contributed by atoms with Crippen LogP contribution in [0.3, 0.4) is 0 Å². The van der Waals surface area contributed by atoms with Crippen LogP contribution in [0.4, 0.5) is 0 Å². The van der Waals surface area contributed by atoms with Gasteiger partial charge in [0.25, 0.3) is 0 Å². The number of nitrogens with one attached hydrogen (secondary N) is 1. The van der Waals surface area contributed by atoms with E-state index in [9.17, 15) is 0 Å². The second kappa shape index (κ2) is 6.62. The van der Waals surface area contributed by atoms with Gasteiger partial charge in [0.2, 0.25) is 0 Å². The fourth-order valence-corrected chi connectivity index (χ4v) is 3.20. The summed E-state index contributed by atoms with van der Waals surface area (Å²) < 4.78 is 12.6. The van der Waals surface area contributed by atoms with Gasteiger partial charge in [-0.25, -0.2) is 0 Å². The van der Waals surface area contributed by atoms with Gasteiger partial charge in [-0.1, -0.05) is 15.9 Å². The number of rotatable bonds is 4. The Balaban J connectivity index is 2.42. The fraction of sp³-hybridized carbons (Fsp3) is 0.600. The van der Waals surface area contributed by atoms with E-state index in [0.29, 0.717) is 5.92 Å². The molecule has 106 valence electrons. The molecule has 0 amide bonds. The van der Waals surface area contributed by atoms with E-state index in [-0.39, 0.29) is 6.10 Å². The quantitative estimate of drug-likeness (QED) is 0.914. The van der Waals surface area contributed by atoms with Crippen LogP contribution in [0.2, 0.25) is 0 Å². The molecule has 1 saturated heterocycles.